The fraction of sp³-hybridized carbons (Fsp3) is 0.385. The molecule has 0 aromatic heterocycles. The largest absolute Gasteiger partial charge is 0.494 e. The van der Waals surface area contributed by atoms with E-state index in [9.17, 15) is 18.0 Å². The molecule has 1 aromatic rings. The molecule has 0 radical (unpaired) electrons. The van der Waals surface area contributed by atoms with Crippen LogP contribution in [0.3, 0.4) is 0 Å². The van der Waals surface area contributed by atoms with Gasteiger partial charge in [0.15, 0.2) is 6.61 Å². The summed E-state index contributed by atoms with van der Waals surface area (Å²) in [5.41, 5.74) is 0. The van der Waals surface area contributed by atoms with E-state index in [0.717, 1.165) is 0 Å². The molecule has 2 N–H and O–H groups in total. The SMILES string of the molecule is CCOc1ccc(S(=O)(=O)NCC(=O)OCC(=O)NC)cc1. The van der Waals surface area contributed by atoms with Gasteiger partial charge in [0.25, 0.3) is 5.91 Å². The van der Waals surface area contributed by atoms with Crippen molar-refractivity contribution >= 4 is 21.9 Å². The van der Waals surface area contributed by atoms with Crippen molar-refractivity contribution in [3.8, 4) is 5.75 Å². The minimum Gasteiger partial charge on any atom is -0.494 e. The zero-order valence-electron chi connectivity index (χ0n) is 12.3. The van der Waals surface area contributed by atoms with Crippen LogP contribution in [0.2, 0.25) is 0 Å². The van der Waals surface area contributed by atoms with Gasteiger partial charge in [-0.1, -0.05) is 0 Å². The lowest BCUT2D eigenvalue weighted by molar-refractivity contribution is -0.147. The van der Waals surface area contributed by atoms with E-state index in [1.165, 1.54) is 31.3 Å². The summed E-state index contributed by atoms with van der Waals surface area (Å²) in [6.45, 7) is 1.27. The summed E-state index contributed by atoms with van der Waals surface area (Å²) in [5.74, 6) is -0.785. The normalized spacial score (nSPS) is 10.8. The highest BCUT2D eigenvalue weighted by Crippen LogP contribution is 2.15. The first-order valence-electron chi connectivity index (χ1n) is 6.47. The first kappa shape index (κ1) is 17.9. The van der Waals surface area contributed by atoms with E-state index in [1.807, 2.05) is 6.92 Å². The smallest absolute Gasteiger partial charge is 0.321 e. The van der Waals surface area contributed by atoms with Gasteiger partial charge in [-0.25, -0.2) is 8.42 Å². The number of benzene rings is 1. The van der Waals surface area contributed by atoms with E-state index in [2.05, 4.69) is 14.8 Å². The van der Waals surface area contributed by atoms with Crippen LogP contribution in [0, 0.1) is 0 Å². The molecule has 122 valence electrons. The molecule has 9 heteroatoms. The Balaban J connectivity index is 2.56. The molecule has 8 nitrogen and oxygen atoms in total. The molecule has 0 saturated heterocycles. The summed E-state index contributed by atoms with van der Waals surface area (Å²) in [6, 6.07) is 5.76. The number of hydrogen-bond donors (Lipinski definition) is 2. The summed E-state index contributed by atoms with van der Waals surface area (Å²) < 4.78 is 35.8. The van der Waals surface area contributed by atoms with Crippen LogP contribution in [-0.2, 0) is 24.3 Å². The lowest BCUT2D eigenvalue weighted by Gasteiger charge is -2.08. The molecule has 1 amide bonds. The second-order valence-corrected chi connectivity index (χ2v) is 5.83. The van der Waals surface area contributed by atoms with Gasteiger partial charge in [-0.15, -0.1) is 0 Å². The molecule has 1 aromatic carbocycles. The van der Waals surface area contributed by atoms with Gasteiger partial charge in [0, 0.05) is 7.05 Å². The van der Waals surface area contributed by atoms with Crippen molar-refractivity contribution in [2.24, 2.45) is 0 Å². The van der Waals surface area contributed by atoms with Crippen LogP contribution in [0.25, 0.3) is 0 Å². The Kier molecular flexibility index (Phi) is 6.80. The number of ether oxygens (including phenoxy) is 2. The topological polar surface area (TPSA) is 111 Å². The third-order valence-corrected chi connectivity index (χ3v) is 3.91. The molecule has 0 heterocycles. The van der Waals surface area contributed by atoms with E-state index in [4.69, 9.17) is 4.74 Å². The molecule has 0 bridgehead atoms. The molecular weight excluding hydrogens is 312 g/mol. The minimum atomic E-state index is -3.84. The lowest BCUT2D eigenvalue weighted by Crippen LogP contribution is -2.33. The number of nitrogens with one attached hydrogen (secondary N) is 2. The Bertz CT molecular complexity index is 612. The first-order chi connectivity index (χ1) is 10.4. The molecule has 0 aliphatic carbocycles. The number of carbonyl (C=O) groups is 2. The summed E-state index contributed by atoms with van der Waals surface area (Å²) in [7, 11) is -2.44. The summed E-state index contributed by atoms with van der Waals surface area (Å²) in [4.78, 5) is 22.2. The average Bonchev–Trinajstić information content (AvgIpc) is 2.51. The second-order valence-electron chi connectivity index (χ2n) is 4.06. The maximum Gasteiger partial charge on any atom is 0.321 e. The van der Waals surface area contributed by atoms with E-state index in [0.29, 0.717) is 12.4 Å². The zero-order valence-corrected chi connectivity index (χ0v) is 13.1. The third kappa shape index (κ3) is 5.70. The van der Waals surface area contributed by atoms with Crippen LogP contribution in [0.1, 0.15) is 6.92 Å². The Morgan fingerprint density at radius 3 is 2.36 bits per heavy atom. The maximum absolute atomic E-state index is 12.0. The average molecular weight is 330 g/mol. The van der Waals surface area contributed by atoms with Crippen LogP contribution in [0.5, 0.6) is 5.75 Å². The number of carbonyl (C=O) groups excluding carboxylic acids is 2. The van der Waals surface area contributed by atoms with Gasteiger partial charge >= 0.3 is 5.97 Å². The number of likely N-dealkylation sites (N-methyl/N-ethyl adjacent to an activating group) is 1. The van der Waals surface area contributed by atoms with Gasteiger partial charge in [-0.2, -0.15) is 4.72 Å². The van der Waals surface area contributed by atoms with Crippen molar-refractivity contribution in [3.05, 3.63) is 24.3 Å². The molecule has 0 aliphatic rings. The fourth-order valence-corrected chi connectivity index (χ4v) is 2.36. The molecule has 22 heavy (non-hydrogen) atoms. The van der Waals surface area contributed by atoms with E-state index >= 15 is 0 Å². The van der Waals surface area contributed by atoms with Crippen LogP contribution >= 0.6 is 0 Å². The zero-order chi connectivity index (χ0) is 16.6. The maximum atomic E-state index is 12.0. The highest BCUT2D eigenvalue weighted by molar-refractivity contribution is 7.89. The predicted octanol–water partition coefficient (Wildman–Crippen LogP) is -0.347. The van der Waals surface area contributed by atoms with E-state index < -0.39 is 35.1 Å². The highest BCUT2D eigenvalue weighted by atomic mass is 32.2. The van der Waals surface area contributed by atoms with Gasteiger partial charge in [-0.05, 0) is 31.2 Å². The van der Waals surface area contributed by atoms with Crippen molar-refractivity contribution in [2.75, 3.05) is 26.8 Å². The Labute approximate surface area is 128 Å². The molecule has 0 saturated carbocycles. The monoisotopic (exact) mass is 330 g/mol. The summed E-state index contributed by atoms with van der Waals surface area (Å²) in [6.07, 6.45) is 0. The molecular formula is C13H18N2O6S. The van der Waals surface area contributed by atoms with Crippen molar-refractivity contribution in [2.45, 2.75) is 11.8 Å². The Morgan fingerprint density at radius 1 is 1.18 bits per heavy atom. The van der Waals surface area contributed by atoms with E-state index in [1.54, 1.807) is 0 Å². The van der Waals surface area contributed by atoms with E-state index in [-0.39, 0.29) is 4.90 Å². The van der Waals surface area contributed by atoms with Crippen molar-refractivity contribution in [1.82, 2.24) is 10.0 Å². The third-order valence-electron chi connectivity index (χ3n) is 2.49. The number of esters is 1. The van der Waals surface area contributed by atoms with Gasteiger partial charge in [-0.3, -0.25) is 9.59 Å². The summed E-state index contributed by atoms with van der Waals surface area (Å²) in [5, 5.41) is 2.27. The standard InChI is InChI=1S/C13H18N2O6S/c1-3-20-10-4-6-11(7-5-10)22(18,19)15-8-13(17)21-9-12(16)14-2/h4-7,15H,3,8-9H2,1-2H3,(H,14,16). The van der Waals surface area contributed by atoms with Crippen LogP contribution in [0.4, 0.5) is 0 Å². The van der Waals surface area contributed by atoms with Crippen LogP contribution in [-0.4, -0.2) is 47.1 Å². The number of hydrogen-bond acceptors (Lipinski definition) is 6. The lowest BCUT2D eigenvalue weighted by atomic mass is 10.3. The molecule has 0 unspecified atom stereocenters. The highest BCUT2D eigenvalue weighted by Gasteiger charge is 2.16. The summed E-state index contributed by atoms with van der Waals surface area (Å²) >= 11 is 0. The molecule has 0 aliphatic heterocycles. The predicted molar refractivity (Wildman–Crippen MR) is 77.8 cm³/mol. The molecule has 0 atom stereocenters. The number of amides is 1. The van der Waals surface area contributed by atoms with Crippen LogP contribution < -0.4 is 14.8 Å². The number of sulfonamides is 1. The molecule has 1 rings (SSSR count). The van der Waals surface area contributed by atoms with Crippen molar-refractivity contribution < 1.29 is 27.5 Å². The second kappa shape index (κ2) is 8.35. The van der Waals surface area contributed by atoms with Crippen LogP contribution in [0.15, 0.2) is 29.2 Å². The first-order valence-corrected chi connectivity index (χ1v) is 7.96. The van der Waals surface area contributed by atoms with Crippen molar-refractivity contribution in [1.29, 1.82) is 0 Å². The number of rotatable bonds is 8. The molecule has 0 spiro atoms. The van der Waals surface area contributed by atoms with Gasteiger partial charge in [0.05, 0.1) is 11.5 Å². The Hall–Kier alpha value is -2.13. The Morgan fingerprint density at radius 2 is 1.82 bits per heavy atom. The van der Waals surface area contributed by atoms with Crippen molar-refractivity contribution in [3.63, 3.8) is 0 Å². The van der Waals surface area contributed by atoms with Gasteiger partial charge < -0.3 is 14.8 Å². The molecule has 0 fully saturated rings. The van der Waals surface area contributed by atoms with Gasteiger partial charge in [0.2, 0.25) is 10.0 Å². The van der Waals surface area contributed by atoms with Gasteiger partial charge in [0.1, 0.15) is 12.3 Å². The quantitative estimate of drug-likeness (QED) is 0.631. The fourth-order valence-electron chi connectivity index (χ4n) is 1.39. The minimum absolute atomic E-state index is 0.00458.